The van der Waals surface area contributed by atoms with Gasteiger partial charge >= 0.3 is 0 Å². The van der Waals surface area contributed by atoms with Gasteiger partial charge in [-0.1, -0.05) is 0 Å². The molecule has 0 amide bonds. The smallest absolute Gasteiger partial charge is 0.196 e. The lowest BCUT2D eigenvalue weighted by molar-refractivity contribution is -0.498. The Morgan fingerprint density at radius 2 is 2.50 bits per heavy atom. The fourth-order valence-electron chi connectivity index (χ4n) is 0.553. The van der Waals surface area contributed by atoms with Crippen molar-refractivity contribution in [1.29, 1.82) is 0 Å². The summed E-state index contributed by atoms with van der Waals surface area (Å²) in [5, 5.41) is 3.14. The molecule has 1 N–H and O–H groups in total. The van der Waals surface area contributed by atoms with Crippen molar-refractivity contribution in [3.63, 3.8) is 0 Å². The molecule has 0 spiro atoms. The van der Waals surface area contributed by atoms with E-state index in [4.69, 9.17) is 0 Å². The van der Waals surface area contributed by atoms with Crippen LogP contribution in [0.2, 0.25) is 0 Å². The van der Waals surface area contributed by atoms with Gasteiger partial charge in [-0.3, -0.25) is 5.32 Å². The van der Waals surface area contributed by atoms with Gasteiger partial charge in [0.1, 0.15) is 6.72 Å². The molecule has 1 heterocycles. The zero-order valence-electron chi connectivity index (χ0n) is 3.78. The monoisotopic (exact) mass is 85.1 g/mol. The van der Waals surface area contributed by atoms with Crippen LogP contribution in [0.5, 0.6) is 0 Å². The molecule has 0 radical (unpaired) electrons. The number of rotatable bonds is 0. The van der Waals surface area contributed by atoms with E-state index in [0.29, 0.717) is 0 Å². The number of nitrogens with one attached hydrogen (secondary N) is 1. The quantitative estimate of drug-likeness (QED) is 0.383. The third kappa shape index (κ3) is 0.571. The minimum Gasteiger partial charge on any atom is -0.256 e. The first-order chi connectivity index (χ1) is 2.89. The molecule has 0 unspecified atom stereocenters. The summed E-state index contributed by atoms with van der Waals surface area (Å²) in [7, 11) is 0. The van der Waals surface area contributed by atoms with Crippen molar-refractivity contribution >= 4 is 6.72 Å². The van der Waals surface area contributed by atoms with Crippen LogP contribution in [0.15, 0.2) is 0 Å². The van der Waals surface area contributed by atoms with Crippen molar-refractivity contribution in [2.24, 2.45) is 0 Å². The highest BCUT2D eigenvalue weighted by Crippen LogP contribution is 1.74. The summed E-state index contributed by atoms with van der Waals surface area (Å²) in [5.74, 6) is 0. The van der Waals surface area contributed by atoms with Crippen LogP contribution < -0.4 is 5.32 Å². The third-order valence-electron chi connectivity index (χ3n) is 0.940. The summed E-state index contributed by atoms with van der Waals surface area (Å²) in [6, 6.07) is 0. The van der Waals surface area contributed by atoms with Gasteiger partial charge in [-0.15, -0.1) is 0 Å². The van der Waals surface area contributed by atoms with E-state index < -0.39 is 0 Å². The molecule has 1 saturated heterocycles. The fraction of sp³-hybridized carbons (Fsp3) is 0.750. The molecule has 1 rings (SSSR count). The topological polar surface area (TPSA) is 15.0 Å². The minimum absolute atomic E-state index is 0.958. The molecule has 0 aromatic carbocycles. The van der Waals surface area contributed by atoms with Crippen LogP contribution in [0.25, 0.3) is 0 Å². The summed E-state index contributed by atoms with van der Waals surface area (Å²) < 4.78 is 2.00. The summed E-state index contributed by atoms with van der Waals surface area (Å²) >= 11 is 0. The number of hydrogen-bond acceptors (Lipinski definition) is 1. The molecule has 6 heavy (non-hydrogen) atoms. The van der Waals surface area contributed by atoms with E-state index in [1.165, 1.54) is 0 Å². The van der Waals surface area contributed by atoms with E-state index in [0.717, 1.165) is 19.8 Å². The predicted octanol–water partition coefficient (Wildman–Crippen LogP) is -0.740. The Hall–Kier alpha value is -0.370. The first-order valence-electron chi connectivity index (χ1n) is 2.16. The fourth-order valence-corrected chi connectivity index (χ4v) is 0.553. The Balaban J connectivity index is 2.37. The largest absolute Gasteiger partial charge is 0.256 e. The average molecular weight is 85.1 g/mol. The highest BCUT2D eigenvalue weighted by molar-refractivity contribution is 5.14. The van der Waals surface area contributed by atoms with Crippen LogP contribution in [0, 0.1) is 0 Å². The molecule has 0 saturated carbocycles. The van der Waals surface area contributed by atoms with Crippen molar-refractivity contribution in [1.82, 2.24) is 5.32 Å². The van der Waals surface area contributed by atoms with Gasteiger partial charge in [0.05, 0.1) is 6.54 Å². The van der Waals surface area contributed by atoms with Crippen LogP contribution in [0.4, 0.5) is 0 Å². The normalized spacial score (nSPS) is 22.3. The molecule has 0 bridgehead atoms. The van der Waals surface area contributed by atoms with Crippen LogP contribution in [-0.4, -0.2) is 31.1 Å². The molecule has 2 heteroatoms. The van der Waals surface area contributed by atoms with Gasteiger partial charge in [0.25, 0.3) is 0 Å². The minimum atomic E-state index is 0.958. The lowest BCUT2D eigenvalue weighted by Crippen LogP contribution is -2.08. The second-order valence-electron chi connectivity index (χ2n) is 1.55. The Kier molecular flexibility index (Phi) is 0.881. The summed E-state index contributed by atoms with van der Waals surface area (Å²) in [6.07, 6.45) is 0. The maximum atomic E-state index is 3.71. The maximum absolute atomic E-state index is 3.71. The second-order valence-corrected chi connectivity index (χ2v) is 1.55. The SMILES string of the molecule is C=[N+]1CCNC1. The molecule has 34 valence electrons. The van der Waals surface area contributed by atoms with Gasteiger partial charge in [-0.05, 0) is 0 Å². The molecule has 2 nitrogen and oxygen atoms in total. The molecular formula is C4H9N2+. The Morgan fingerprint density at radius 1 is 1.67 bits per heavy atom. The van der Waals surface area contributed by atoms with Gasteiger partial charge in [0.15, 0.2) is 13.2 Å². The van der Waals surface area contributed by atoms with Crippen molar-refractivity contribution < 1.29 is 4.58 Å². The highest BCUT2D eigenvalue weighted by atomic mass is 15.2. The van der Waals surface area contributed by atoms with E-state index in [2.05, 4.69) is 12.0 Å². The summed E-state index contributed by atoms with van der Waals surface area (Å²) in [5.41, 5.74) is 0. The molecule has 0 aromatic heterocycles. The number of hydrogen-bond donors (Lipinski definition) is 1. The Labute approximate surface area is 37.5 Å². The predicted molar refractivity (Wildman–Crippen MR) is 25.1 cm³/mol. The standard InChI is InChI=1S/C4H9N2/c1-6-3-2-5-4-6/h5H,1-4H2/q+1. The zero-order valence-corrected chi connectivity index (χ0v) is 3.78. The summed E-state index contributed by atoms with van der Waals surface area (Å²) in [4.78, 5) is 0. The van der Waals surface area contributed by atoms with E-state index in [-0.39, 0.29) is 0 Å². The van der Waals surface area contributed by atoms with E-state index >= 15 is 0 Å². The average Bonchev–Trinajstić information content (AvgIpc) is 1.86. The van der Waals surface area contributed by atoms with Gasteiger partial charge in [0, 0.05) is 0 Å². The van der Waals surface area contributed by atoms with Crippen LogP contribution in [0.3, 0.4) is 0 Å². The van der Waals surface area contributed by atoms with Crippen LogP contribution in [-0.2, 0) is 0 Å². The second kappa shape index (κ2) is 1.39. The lowest BCUT2D eigenvalue weighted by Gasteiger charge is -1.77. The molecule has 1 aliphatic rings. The van der Waals surface area contributed by atoms with Gasteiger partial charge in [-0.25, -0.2) is 4.58 Å². The molecule has 0 aliphatic carbocycles. The Bertz CT molecular complexity index is 59.9. The van der Waals surface area contributed by atoms with Gasteiger partial charge < -0.3 is 0 Å². The third-order valence-corrected chi connectivity index (χ3v) is 0.940. The molecule has 0 aromatic rings. The van der Waals surface area contributed by atoms with Crippen molar-refractivity contribution in [3.8, 4) is 0 Å². The summed E-state index contributed by atoms with van der Waals surface area (Å²) in [6.45, 7) is 6.86. The van der Waals surface area contributed by atoms with Gasteiger partial charge in [-0.2, -0.15) is 0 Å². The number of nitrogens with zero attached hydrogens (tertiary/aromatic N) is 1. The first-order valence-corrected chi connectivity index (χ1v) is 2.16. The van der Waals surface area contributed by atoms with Crippen LogP contribution >= 0.6 is 0 Å². The van der Waals surface area contributed by atoms with E-state index in [1.54, 1.807) is 0 Å². The lowest BCUT2D eigenvalue weighted by atomic mass is 10.7. The Morgan fingerprint density at radius 3 is 2.67 bits per heavy atom. The van der Waals surface area contributed by atoms with Gasteiger partial charge in [0.2, 0.25) is 0 Å². The molecule has 0 atom stereocenters. The van der Waals surface area contributed by atoms with Crippen LogP contribution in [0.1, 0.15) is 0 Å². The molecular weight excluding hydrogens is 76.1 g/mol. The van der Waals surface area contributed by atoms with Crippen molar-refractivity contribution in [2.75, 3.05) is 19.8 Å². The van der Waals surface area contributed by atoms with Crippen molar-refractivity contribution in [3.05, 3.63) is 0 Å². The van der Waals surface area contributed by atoms with E-state index in [9.17, 15) is 0 Å². The van der Waals surface area contributed by atoms with E-state index in [1.807, 2.05) is 4.58 Å². The highest BCUT2D eigenvalue weighted by Gasteiger charge is 2.05. The maximum Gasteiger partial charge on any atom is 0.196 e. The van der Waals surface area contributed by atoms with Crippen molar-refractivity contribution in [2.45, 2.75) is 0 Å². The molecule has 1 aliphatic heterocycles. The zero-order chi connectivity index (χ0) is 4.41. The first kappa shape index (κ1) is 3.81. The molecule has 1 fully saturated rings.